The zero-order chi connectivity index (χ0) is 11.2. The molecule has 2 nitrogen and oxygen atoms in total. The van der Waals surface area contributed by atoms with E-state index in [0.29, 0.717) is 12.0 Å². The van der Waals surface area contributed by atoms with Gasteiger partial charge in [-0.2, -0.15) is 0 Å². The summed E-state index contributed by atoms with van der Waals surface area (Å²) < 4.78 is 0. The van der Waals surface area contributed by atoms with Crippen LogP contribution >= 0.6 is 0 Å². The van der Waals surface area contributed by atoms with Crippen molar-refractivity contribution in [3.05, 3.63) is 35.9 Å². The van der Waals surface area contributed by atoms with Gasteiger partial charge in [-0.25, -0.2) is 0 Å². The van der Waals surface area contributed by atoms with E-state index < -0.39 is 0 Å². The summed E-state index contributed by atoms with van der Waals surface area (Å²) in [5.41, 5.74) is 1.36. The van der Waals surface area contributed by atoms with Crippen molar-refractivity contribution >= 4 is 6.41 Å². The van der Waals surface area contributed by atoms with Gasteiger partial charge in [0.05, 0.1) is 0 Å². The molecule has 0 radical (unpaired) electrons. The van der Waals surface area contributed by atoms with Crippen molar-refractivity contribution in [1.29, 1.82) is 0 Å². The molecule has 2 heteroatoms. The second-order valence-electron chi connectivity index (χ2n) is 4.61. The molecular formula is C14H19NO. The molecule has 1 aliphatic rings. The molecule has 0 spiro atoms. The Bertz CT molecular complexity index is 319. The fourth-order valence-electron chi connectivity index (χ4n) is 2.35. The zero-order valence-electron chi connectivity index (χ0n) is 9.56. The zero-order valence-corrected chi connectivity index (χ0v) is 9.56. The summed E-state index contributed by atoms with van der Waals surface area (Å²) in [4.78, 5) is 10.6. The van der Waals surface area contributed by atoms with Crippen molar-refractivity contribution in [2.45, 2.75) is 38.1 Å². The Hall–Kier alpha value is -1.31. The summed E-state index contributed by atoms with van der Waals surface area (Å²) in [6.07, 6.45) is 6.86. The predicted molar refractivity (Wildman–Crippen MR) is 65.1 cm³/mol. The van der Waals surface area contributed by atoms with Crippen LogP contribution in [0.4, 0.5) is 0 Å². The van der Waals surface area contributed by atoms with Gasteiger partial charge < -0.3 is 5.32 Å². The monoisotopic (exact) mass is 217 g/mol. The van der Waals surface area contributed by atoms with Crippen molar-refractivity contribution in [3.63, 3.8) is 0 Å². The Morgan fingerprint density at radius 3 is 2.62 bits per heavy atom. The maximum Gasteiger partial charge on any atom is 0.207 e. The molecule has 1 atom stereocenters. The second kappa shape index (κ2) is 5.69. The van der Waals surface area contributed by atoms with Crippen LogP contribution in [0.25, 0.3) is 0 Å². The quantitative estimate of drug-likeness (QED) is 0.729. The standard InChI is InChI=1S/C14H19NO/c16-11-15-14(13-7-4-8-13)10-9-12-5-2-1-3-6-12/h1-3,5-6,11,13-14H,4,7-10H2,(H,15,16). The number of nitrogens with one attached hydrogen (secondary N) is 1. The summed E-state index contributed by atoms with van der Waals surface area (Å²) in [7, 11) is 0. The van der Waals surface area contributed by atoms with Gasteiger partial charge in [0.2, 0.25) is 6.41 Å². The van der Waals surface area contributed by atoms with E-state index in [2.05, 4.69) is 29.6 Å². The van der Waals surface area contributed by atoms with Gasteiger partial charge in [-0.15, -0.1) is 0 Å². The Morgan fingerprint density at radius 2 is 2.06 bits per heavy atom. The highest BCUT2D eigenvalue weighted by Gasteiger charge is 2.26. The van der Waals surface area contributed by atoms with E-state index in [1.165, 1.54) is 24.8 Å². The fraction of sp³-hybridized carbons (Fsp3) is 0.500. The van der Waals surface area contributed by atoms with Gasteiger partial charge in [-0.1, -0.05) is 36.8 Å². The normalized spacial score (nSPS) is 17.5. The molecule has 0 saturated heterocycles. The van der Waals surface area contributed by atoms with Crippen LogP contribution in [0.2, 0.25) is 0 Å². The van der Waals surface area contributed by atoms with Gasteiger partial charge in [0.15, 0.2) is 0 Å². The second-order valence-corrected chi connectivity index (χ2v) is 4.61. The Balaban J connectivity index is 1.83. The van der Waals surface area contributed by atoms with Crippen LogP contribution in [0.3, 0.4) is 0 Å². The molecule has 1 aromatic rings. The van der Waals surface area contributed by atoms with E-state index in [4.69, 9.17) is 0 Å². The molecular weight excluding hydrogens is 198 g/mol. The summed E-state index contributed by atoms with van der Waals surface area (Å²) in [5.74, 6) is 0.717. The van der Waals surface area contributed by atoms with E-state index in [-0.39, 0.29) is 0 Å². The highest BCUT2D eigenvalue weighted by Crippen LogP contribution is 2.31. The lowest BCUT2D eigenvalue weighted by Gasteiger charge is -2.33. The number of amides is 1. The Labute approximate surface area is 97.1 Å². The average molecular weight is 217 g/mol. The van der Waals surface area contributed by atoms with Gasteiger partial charge in [0.1, 0.15) is 0 Å². The number of carbonyl (C=O) groups is 1. The van der Waals surface area contributed by atoms with Crippen LogP contribution in [0.1, 0.15) is 31.2 Å². The minimum Gasteiger partial charge on any atom is -0.356 e. The minimum atomic E-state index is 0.381. The lowest BCUT2D eigenvalue weighted by Crippen LogP contribution is -2.39. The van der Waals surface area contributed by atoms with Crippen molar-refractivity contribution < 1.29 is 4.79 Å². The number of aryl methyl sites for hydroxylation is 1. The van der Waals surface area contributed by atoms with Crippen molar-refractivity contribution in [2.24, 2.45) is 5.92 Å². The molecule has 0 heterocycles. The molecule has 0 aromatic heterocycles. The van der Waals surface area contributed by atoms with E-state index >= 15 is 0 Å². The lowest BCUT2D eigenvalue weighted by atomic mass is 9.78. The maximum atomic E-state index is 10.6. The first kappa shape index (κ1) is 11.2. The topological polar surface area (TPSA) is 29.1 Å². The van der Waals surface area contributed by atoms with Crippen molar-refractivity contribution in [2.75, 3.05) is 0 Å². The largest absolute Gasteiger partial charge is 0.356 e. The Kier molecular flexibility index (Phi) is 3.97. The maximum absolute atomic E-state index is 10.6. The average Bonchev–Trinajstić information content (AvgIpc) is 2.25. The molecule has 2 rings (SSSR count). The number of carbonyl (C=O) groups excluding carboxylic acids is 1. The van der Waals surface area contributed by atoms with Crippen LogP contribution < -0.4 is 5.32 Å². The van der Waals surface area contributed by atoms with Crippen molar-refractivity contribution in [3.8, 4) is 0 Å². The van der Waals surface area contributed by atoms with Gasteiger partial charge in [-0.05, 0) is 37.2 Å². The van der Waals surface area contributed by atoms with Crippen molar-refractivity contribution in [1.82, 2.24) is 5.32 Å². The fourth-order valence-corrected chi connectivity index (χ4v) is 2.35. The predicted octanol–water partition coefficient (Wildman–Crippen LogP) is 2.53. The van der Waals surface area contributed by atoms with E-state index in [1.54, 1.807) is 0 Å². The van der Waals surface area contributed by atoms with Crippen LogP contribution in [0, 0.1) is 5.92 Å². The number of hydrogen-bond donors (Lipinski definition) is 1. The third-order valence-electron chi connectivity index (χ3n) is 3.59. The highest BCUT2D eigenvalue weighted by molar-refractivity contribution is 5.46. The van der Waals surface area contributed by atoms with Gasteiger partial charge in [-0.3, -0.25) is 4.79 Å². The molecule has 1 aromatic carbocycles. The molecule has 86 valence electrons. The van der Waals surface area contributed by atoms with Crippen LogP contribution in [-0.4, -0.2) is 12.5 Å². The summed E-state index contributed by atoms with van der Waals surface area (Å²) in [5, 5.41) is 2.97. The SMILES string of the molecule is O=CNC(CCc1ccccc1)C1CCC1. The highest BCUT2D eigenvalue weighted by atomic mass is 16.1. The van der Waals surface area contributed by atoms with E-state index in [9.17, 15) is 4.79 Å². The van der Waals surface area contributed by atoms with Crippen LogP contribution in [0.5, 0.6) is 0 Å². The summed E-state index contributed by atoms with van der Waals surface area (Å²) in [6.45, 7) is 0. The molecule has 0 aliphatic heterocycles. The summed E-state index contributed by atoms with van der Waals surface area (Å²) >= 11 is 0. The first-order valence-corrected chi connectivity index (χ1v) is 6.14. The van der Waals surface area contributed by atoms with E-state index in [0.717, 1.165) is 19.3 Å². The van der Waals surface area contributed by atoms with Gasteiger partial charge >= 0.3 is 0 Å². The molecule has 1 unspecified atom stereocenters. The molecule has 16 heavy (non-hydrogen) atoms. The molecule has 1 amide bonds. The molecule has 1 saturated carbocycles. The molecule has 1 N–H and O–H groups in total. The number of rotatable bonds is 6. The third-order valence-corrected chi connectivity index (χ3v) is 3.59. The molecule has 1 aliphatic carbocycles. The molecule has 1 fully saturated rings. The first-order chi connectivity index (χ1) is 7.90. The Morgan fingerprint density at radius 1 is 1.31 bits per heavy atom. The van der Waals surface area contributed by atoms with E-state index in [1.807, 2.05) is 6.07 Å². The van der Waals surface area contributed by atoms with Gasteiger partial charge in [0.25, 0.3) is 0 Å². The third kappa shape index (κ3) is 2.84. The van der Waals surface area contributed by atoms with Crippen LogP contribution in [0.15, 0.2) is 30.3 Å². The summed E-state index contributed by atoms with van der Waals surface area (Å²) in [6, 6.07) is 10.9. The van der Waals surface area contributed by atoms with Gasteiger partial charge in [0, 0.05) is 6.04 Å². The molecule has 0 bridgehead atoms. The smallest absolute Gasteiger partial charge is 0.207 e. The first-order valence-electron chi connectivity index (χ1n) is 6.14. The van der Waals surface area contributed by atoms with Crippen LogP contribution in [-0.2, 0) is 11.2 Å². The minimum absolute atomic E-state index is 0.381. The lowest BCUT2D eigenvalue weighted by molar-refractivity contribution is -0.110. The number of benzene rings is 1. The number of hydrogen-bond acceptors (Lipinski definition) is 1.